The predicted molar refractivity (Wildman–Crippen MR) is 111 cm³/mol. The van der Waals surface area contributed by atoms with E-state index in [0.717, 1.165) is 11.1 Å². The van der Waals surface area contributed by atoms with Crippen molar-refractivity contribution in [3.8, 4) is 11.5 Å². The quantitative estimate of drug-likeness (QED) is 0.780. The fourth-order valence-corrected chi connectivity index (χ4v) is 4.80. The van der Waals surface area contributed by atoms with Crippen LogP contribution in [0.25, 0.3) is 0 Å². The van der Waals surface area contributed by atoms with Gasteiger partial charge in [0, 0.05) is 18.2 Å². The number of fused-ring (bicyclic) bond motifs is 2. The first kappa shape index (κ1) is 19.3. The molecule has 1 spiro atoms. The Morgan fingerprint density at radius 2 is 1.86 bits per heavy atom. The minimum atomic E-state index is -1.28. The number of benzene rings is 2. The number of carbonyl (C=O) groups excluding carboxylic acids is 2. The second-order valence-electron chi connectivity index (χ2n) is 6.78. The van der Waals surface area contributed by atoms with Crippen LogP contribution in [0.5, 0.6) is 11.5 Å². The zero-order valence-electron chi connectivity index (χ0n) is 16.6. The molecule has 7 nitrogen and oxygen atoms in total. The van der Waals surface area contributed by atoms with Crippen LogP contribution in [-0.2, 0) is 9.67 Å². The highest BCUT2D eigenvalue weighted by Crippen LogP contribution is 2.50. The Hall–Kier alpha value is -3.00. The number of hydrazone groups is 1. The number of imide groups is 1. The van der Waals surface area contributed by atoms with Crippen LogP contribution in [0.4, 0.5) is 0 Å². The first-order valence-corrected chi connectivity index (χ1v) is 10.0. The third-order valence-corrected chi connectivity index (χ3v) is 6.38. The summed E-state index contributed by atoms with van der Waals surface area (Å²) in [5, 5.41) is 5.13. The van der Waals surface area contributed by atoms with Gasteiger partial charge in [0.1, 0.15) is 16.5 Å². The maximum atomic E-state index is 13.5. The summed E-state index contributed by atoms with van der Waals surface area (Å²) in [4.78, 5) is 26.5. The topological polar surface area (TPSA) is 80.2 Å². The molecule has 2 aromatic carbocycles. The second-order valence-corrected chi connectivity index (χ2v) is 7.99. The summed E-state index contributed by atoms with van der Waals surface area (Å²) < 4.78 is 10.9. The van der Waals surface area contributed by atoms with E-state index in [9.17, 15) is 9.59 Å². The Kier molecular flexibility index (Phi) is 4.74. The maximum absolute atomic E-state index is 13.5. The van der Waals surface area contributed by atoms with Crippen LogP contribution >= 0.6 is 11.8 Å². The van der Waals surface area contributed by atoms with E-state index in [0.29, 0.717) is 27.7 Å². The lowest BCUT2D eigenvalue weighted by Crippen LogP contribution is -2.57. The average molecular weight is 411 g/mol. The zero-order chi connectivity index (χ0) is 20.8. The molecular weight excluding hydrogens is 390 g/mol. The Bertz CT molecular complexity index is 1030. The Morgan fingerprint density at radius 3 is 2.48 bits per heavy atom. The molecule has 0 unspecified atom stereocenters. The molecule has 0 aromatic heterocycles. The molecule has 2 aromatic rings. The van der Waals surface area contributed by atoms with Crippen LogP contribution < -0.4 is 14.9 Å². The fourth-order valence-electron chi connectivity index (χ4n) is 3.56. The van der Waals surface area contributed by atoms with E-state index in [-0.39, 0.29) is 18.4 Å². The number of rotatable bonds is 4. The first-order valence-electron chi connectivity index (χ1n) is 9.19. The molecule has 0 bridgehead atoms. The van der Waals surface area contributed by atoms with Crippen molar-refractivity contribution in [2.24, 2.45) is 5.10 Å². The van der Waals surface area contributed by atoms with Gasteiger partial charge in [0.05, 0.1) is 25.3 Å². The van der Waals surface area contributed by atoms with Gasteiger partial charge in [0.15, 0.2) is 0 Å². The fraction of sp³-hybridized carbons (Fsp3) is 0.286. The largest absolute Gasteiger partial charge is 0.497 e. The summed E-state index contributed by atoms with van der Waals surface area (Å²) in [6.45, 7) is 4.03. The number of hydrogen-bond donors (Lipinski definition) is 1. The molecule has 150 valence electrons. The molecule has 8 heteroatoms. The van der Waals surface area contributed by atoms with Crippen molar-refractivity contribution >= 4 is 28.6 Å². The lowest BCUT2D eigenvalue weighted by Gasteiger charge is -2.38. The van der Waals surface area contributed by atoms with Crippen LogP contribution in [0, 0.1) is 6.92 Å². The van der Waals surface area contributed by atoms with Gasteiger partial charge in [-0.25, -0.2) is 0 Å². The van der Waals surface area contributed by atoms with Crippen molar-refractivity contribution in [3.63, 3.8) is 0 Å². The van der Waals surface area contributed by atoms with Crippen LogP contribution in [0.2, 0.25) is 0 Å². The van der Waals surface area contributed by atoms with Gasteiger partial charge in [-0.3, -0.25) is 19.9 Å². The number of ether oxygens (including phenoxy) is 2. The van der Waals surface area contributed by atoms with E-state index in [4.69, 9.17) is 9.47 Å². The highest BCUT2D eigenvalue weighted by atomic mass is 32.2. The molecule has 0 saturated heterocycles. The van der Waals surface area contributed by atoms with E-state index in [1.54, 1.807) is 19.1 Å². The zero-order valence-corrected chi connectivity index (χ0v) is 17.4. The third-order valence-electron chi connectivity index (χ3n) is 5.08. The van der Waals surface area contributed by atoms with E-state index in [2.05, 4.69) is 10.5 Å². The van der Waals surface area contributed by atoms with E-state index < -0.39 is 4.87 Å². The molecule has 0 radical (unpaired) electrons. The van der Waals surface area contributed by atoms with Crippen molar-refractivity contribution in [2.75, 3.05) is 20.8 Å². The van der Waals surface area contributed by atoms with Gasteiger partial charge in [0.25, 0.3) is 11.8 Å². The Morgan fingerprint density at radius 1 is 1.14 bits per heavy atom. The van der Waals surface area contributed by atoms with Crippen LogP contribution in [0.15, 0.2) is 41.5 Å². The number of amides is 2. The molecule has 0 fully saturated rings. The summed E-state index contributed by atoms with van der Waals surface area (Å²) in [6, 6.07) is 11.2. The highest BCUT2D eigenvalue weighted by Gasteiger charge is 2.56. The number of aryl methyl sites for hydroxylation is 1. The molecule has 2 heterocycles. The van der Waals surface area contributed by atoms with Crippen molar-refractivity contribution in [1.82, 2.24) is 10.3 Å². The molecule has 2 amide bonds. The van der Waals surface area contributed by atoms with E-state index in [1.165, 1.54) is 30.9 Å². The number of thioether (sulfide) groups is 1. The molecule has 29 heavy (non-hydrogen) atoms. The van der Waals surface area contributed by atoms with Gasteiger partial charge < -0.3 is 9.47 Å². The van der Waals surface area contributed by atoms with E-state index >= 15 is 0 Å². The highest BCUT2D eigenvalue weighted by molar-refractivity contribution is 8.16. The average Bonchev–Trinajstić information content (AvgIpc) is 3.18. The third kappa shape index (κ3) is 2.86. The lowest BCUT2D eigenvalue weighted by atomic mass is 9.92. The van der Waals surface area contributed by atoms with Gasteiger partial charge in [0.2, 0.25) is 4.87 Å². The number of carbonyl (C=O) groups is 2. The SMILES string of the molecule is CCN1C(=O)c2cc(OC)cc(OC)c2[C@]2(NN=C(c3ccc(C)cc3)S2)C1=O. The molecule has 1 N–H and O–H groups in total. The van der Waals surface area contributed by atoms with Gasteiger partial charge in [-0.05, 0) is 19.9 Å². The summed E-state index contributed by atoms with van der Waals surface area (Å²) in [7, 11) is 3.03. The van der Waals surface area contributed by atoms with Crippen LogP contribution in [0.1, 0.15) is 34.0 Å². The lowest BCUT2D eigenvalue weighted by molar-refractivity contribution is -0.132. The second kappa shape index (κ2) is 7.11. The number of nitrogens with zero attached hydrogens (tertiary/aromatic N) is 2. The smallest absolute Gasteiger partial charge is 0.272 e. The van der Waals surface area contributed by atoms with E-state index in [1.807, 2.05) is 31.2 Å². The normalized spacial score (nSPS) is 20.4. The molecule has 0 aliphatic carbocycles. The first-order chi connectivity index (χ1) is 13.9. The molecule has 4 rings (SSSR count). The molecule has 0 saturated carbocycles. The van der Waals surface area contributed by atoms with Gasteiger partial charge >= 0.3 is 0 Å². The summed E-state index contributed by atoms with van der Waals surface area (Å²) in [5.41, 5.74) is 5.89. The minimum Gasteiger partial charge on any atom is -0.497 e. The monoisotopic (exact) mass is 411 g/mol. The molecule has 1 atom stereocenters. The minimum absolute atomic E-state index is 0.250. The van der Waals surface area contributed by atoms with Crippen molar-refractivity contribution in [2.45, 2.75) is 18.7 Å². The molecular formula is C21H21N3O4S. The number of nitrogens with one attached hydrogen (secondary N) is 1. The Labute approximate surface area is 173 Å². The van der Waals surface area contributed by atoms with Crippen molar-refractivity contribution in [3.05, 3.63) is 58.7 Å². The summed E-state index contributed by atoms with van der Waals surface area (Å²) >= 11 is 1.28. The van der Waals surface area contributed by atoms with Gasteiger partial charge in [-0.1, -0.05) is 41.6 Å². The summed E-state index contributed by atoms with van der Waals surface area (Å²) in [6.07, 6.45) is 0. The number of hydrogen-bond acceptors (Lipinski definition) is 7. The maximum Gasteiger partial charge on any atom is 0.272 e. The predicted octanol–water partition coefficient (Wildman–Crippen LogP) is 2.87. The van der Waals surface area contributed by atoms with Gasteiger partial charge in [-0.2, -0.15) is 5.10 Å². The Balaban J connectivity index is 1.88. The number of likely N-dealkylation sites (N-methyl/N-ethyl adjacent to an activating group) is 1. The number of methoxy groups -OCH3 is 2. The standard InChI is InChI=1S/C21H21N3O4S/c1-5-24-19(25)15-10-14(27-3)11-16(28-4)17(15)21(20(24)26)23-22-18(29-21)13-8-6-12(2)7-9-13/h6-11,23H,5H2,1-4H3/t21-/m1/s1. The van der Waals surface area contributed by atoms with Crippen molar-refractivity contribution in [1.29, 1.82) is 0 Å². The van der Waals surface area contributed by atoms with Crippen LogP contribution in [0.3, 0.4) is 0 Å². The van der Waals surface area contributed by atoms with Gasteiger partial charge in [-0.15, -0.1) is 0 Å². The summed E-state index contributed by atoms with van der Waals surface area (Å²) in [5.74, 6) is 0.146. The molecule has 2 aliphatic heterocycles. The van der Waals surface area contributed by atoms with Crippen LogP contribution in [-0.4, -0.2) is 42.5 Å². The molecule has 2 aliphatic rings. The van der Waals surface area contributed by atoms with Crippen molar-refractivity contribution < 1.29 is 19.1 Å².